The molecule has 0 aromatic heterocycles. The second kappa shape index (κ2) is 8.57. The first kappa shape index (κ1) is 19.3. The Kier molecular flexibility index (Phi) is 5.91. The monoisotopic (exact) mass is 379 g/mol. The molecule has 2 heterocycles. The second-order valence-electron chi connectivity index (χ2n) is 8.81. The van der Waals surface area contributed by atoms with E-state index < -0.39 is 0 Å². The minimum absolute atomic E-state index is 0.546. The van der Waals surface area contributed by atoms with E-state index in [-0.39, 0.29) is 0 Å². The lowest BCUT2D eigenvalue weighted by Crippen LogP contribution is -2.42. The lowest BCUT2D eigenvalue weighted by molar-refractivity contribution is 0.0893. The third kappa shape index (κ3) is 4.20. The molecule has 28 heavy (non-hydrogen) atoms. The van der Waals surface area contributed by atoms with Gasteiger partial charge in [0.15, 0.2) is 11.5 Å². The molecular formula is C25H33NO2. The quantitative estimate of drug-likeness (QED) is 0.649. The predicted octanol–water partition coefficient (Wildman–Crippen LogP) is 5.63. The zero-order valence-corrected chi connectivity index (χ0v) is 17.5. The van der Waals surface area contributed by atoms with E-state index in [1.807, 2.05) is 18.2 Å². The zero-order chi connectivity index (χ0) is 19.5. The Morgan fingerprint density at radius 2 is 1.89 bits per heavy atom. The van der Waals surface area contributed by atoms with Crippen LogP contribution in [0.25, 0.3) is 0 Å². The molecule has 0 bridgehead atoms. The highest BCUT2D eigenvalue weighted by atomic mass is 16.5. The molecule has 1 saturated heterocycles. The van der Waals surface area contributed by atoms with Crippen molar-refractivity contribution in [2.75, 3.05) is 20.2 Å². The number of methoxy groups -OCH3 is 1. The van der Waals surface area contributed by atoms with Crippen LogP contribution < -0.4 is 9.47 Å². The average molecular weight is 380 g/mol. The van der Waals surface area contributed by atoms with Crippen molar-refractivity contribution in [3.05, 3.63) is 59.2 Å². The first-order chi connectivity index (χ1) is 13.6. The molecule has 0 aliphatic carbocycles. The van der Waals surface area contributed by atoms with E-state index in [4.69, 9.17) is 9.47 Å². The van der Waals surface area contributed by atoms with Gasteiger partial charge in [0.1, 0.15) is 6.61 Å². The van der Waals surface area contributed by atoms with E-state index >= 15 is 0 Å². The highest BCUT2D eigenvalue weighted by molar-refractivity contribution is 5.49. The Morgan fingerprint density at radius 3 is 2.64 bits per heavy atom. The molecule has 0 N–H and O–H groups in total. The van der Waals surface area contributed by atoms with Crippen LogP contribution in [-0.2, 0) is 13.0 Å². The fraction of sp³-hybridized carbons (Fsp3) is 0.520. The first-order valence-electron chi connectivity index (χ1n) is 10.8. The molecule has 2 aliphatic heterocycles. The minimum atomic E-state index is 0.546. The van der Waals surface area contributed by atoms with Crippen LogP contribution in [0.2, 0.25) is 0 Å². The molecule has 0 spiro atoms. The molecule has 0 amide bonds. The summed E-state index contributed by atoms with van der Waals surface area (Å²) in [5.41, 5.74) is 4.07. The van der Waals surface area contributed by atoms with E-state index in [0.29, 0.717) is 12.6 Å². The summed E-state index contributed by atoms with van der Waals surface area (Å²) in [5.74, 6) is 3.38. The number of rotatable bonds is 6. The number of benzene rings is 2. The summed E-state index contributed by atoms with van der Waals surface area (Å²) in [5, 5.41) is 0. The van der Waals surface area contributed by atoms with Crippen LogP contribution in [-0.4, -0.2) is 25.1 Å². The van der Waals surface area contributed by atoms with Gasteiger partial charge in [0.05, 0.1) is 7.11 Å². The van der Waals surface area contributed by atoms with E-state index in [0.717, 1.165) is 36.3 Å². The number of piperidine rings is 1. The van der Waals surface area contributed by atoms with Gasteiger partial charge in [-0.15, -0.1) is 0 Å². The molecule has 4 rings (SSSR count). The molecule has 150 valence electrons. The van der Waals surface area contributed by atoms with E-state index in [9.17, 15) is 0 Å². The van der Waals surface area contributed by atoms with Crippen LogP contribution in [0.3, 0.4) is 0 Å². The predicted molar refractivity (Wildman–Crippen MR) is 114 cm³/mol. The highest BCUT2D eigenvalue weighted by Crippen LogP contribution is 2.43. The van der Waals surface area contributed by atoms with Crippen molar-refractivity contribution >= 4 is 0 Å². The summed E-state index contributed by atoms with van der Waals surface area (Å²) in [4.78, 5) is 2.71. The molecular weight excluding hydrogens is 346 g/mol. The normalized spacial score (nSPS) is 21.9. The maximum Gasteiger partial charge on any atom is 0.161 e. The van der Waals surface area contributed by atoms with Crippen molar-refractivity contribution in [2.24, 2.45) is 11.8 Å². The summed E-state index contributed by atoms with van der Waals surface area (Å²) >= 11 is 0. The zero-order valence-electron chi connectivity index (χ0n) is 17.5. The lowest BCUT2D eigenvalue weighted by atomic mass is 9.81. The summed E-state index contributed by atoms with van der Waals surface area (Å²) in [7, 11) is 1.75. The maximum absolute atomic E-state index is 6.14. The Balaban J connectivity index is 1.51. The third-order valence-electron chi connectivity index (χ3n) is 6.28. The second-order valence-corrected chi connectivity index (χ2v) is 8.81. The van der Waals surface area contributed by atoms with Crippen LogP contribution >= 0.6 is 0 Å². The van der Waals surface area contributed by atoms with Crippen molar-refractivity contribution in [1.29, 1.82) is 0 Å². The van der Waals surface area contributed by atoms with Crippen LogP contribution in [0, 0.1) is 11.8 Å². The number of nitrogens with zero attached hydrogens (tertiary/aromatic N) is 1. The van der Waals surface area contributed by atoms with Gasteiger partial charge in [-0.25, -0.2) is 0 Å². The summed E-state index contributed by atoms with van der Waals surface area (Å²) in [6, 6.07) is 15.3. The van der Waals surface area contributed by atoms with Gasteiger partial charge in [-0.2, -0.15) is 0 Å². The Hall–Kier alpha value is -2.00. The third-order valence-corrected chi connectivity index (χ3v) is 6.28. The molecule has 3 heteroatoms. The highest BCUT2D eigenvalue weighted by Gasteiger charge is 2.34. The lowest BCUT2D eigenvalue weighted by Gasteiger charge is -2.44. The van der Waals surface area contributed by atoms with Crippen molar-refractivity contribution in [2.45, 2.75) is 52.2 Å². The number of fused-ring (bicyclic) bond motifs is 3. The molecule has 3 nitrogen and oxygen atoms in total. The molecule has 2 aromatic carbocycles. The van der Waals surface area contributed by atoms with E-state index in [2.05, 4.69) is 43.0 Å². The topological polar surface area (TPSA) is 21.7 Å². The van der Waals surface area contributed by atoms with Gasteiger partial charge in [0.25, 0.3) is 0 Å². The Bertz CT molecular complexity index is 787. The van der Waals surface area contributed by atoms with E-state index in [1.54, 1.807) is 7.11 Å². The van der Waals surface area contributed by atoms with Gasteiger partial charge >= 0.3 is 0 Å². The van der Waals surface area contributed by atoms with Gasteiger partial charge in [-0.1, -0.05) is 44.2 Å². The molecule has 0 radical (unpaired) electrons. The van der Waals surface area contributed by atoms with Crippen molar-refractivity contribution in [3.63, 3.8) is 0 Å². The number of hydrogen-bond donors (Lipinski definition) is 0. The fourth-order valence-electron chi connectivity index (χ4n) is 5.00. The summed E-state index contributed by atoms with van der Waals surface area (Å²) in [6.45, 7) is 7.68. The van der Waals surface area contributed by atoms with Crippen molar-refractivity contribution in [3.8, 4) is 11.5 Å². The SMILES string of the molecule is COc1cc2c(cc1OCc1ccccc1)CCN1C[C@@H](CC(C)C)CC[C@H]21. The van der Waals surface area contributed by atoms with Crippen LogP contribution in [0.5, 0.6) is 11.5 Å². The van der Waals surface area contributed by atoms with Crippen LogP contribution in [0.1, 0.15) is 55.8 Å². The molecule has 1 fully saturated rings. The number of hydrogen-bond acceptors (Lipinski definition) is 3. The molecule has 2 atom stereocenters. The molecule has 2 aliphatic rings. The minimum Gasteiger partial charge on any atom is -0.493 e. The molecule has 0 saturated carbocycles. The maximum atomic E-state index is 6.14. The largest absolute Gasteiger partial charge is 0.493 e. The van der Waals surface area contributed by atoms with Gasteiger partial charge in [-0.05, 0) is 66.3 Å². The smallest absolute Gasteiger partial charge is 0.161 e. The molecule has 2 aromatic rings. The fourth-order valence-corrected chi connectivity index (χ4v) is 5.00. The standard InChI is InChI=1S/C25H33NO2/c1-18(2)13-20-9-10-23-22-15-24(27-3)25(14-21(22)11-12-26(23)16-20)28-17-19-7-5-4-6-8-19/h4-8,14-15,18,20,23H,9-13,16-17H2,1-3H3/t20-,23-/m1/s1. The van der Waals surface area contributed by atoms with Gasteiger partial charge < -0.3 is 9.47 Å². The van der Waals surface area contributed by atoms with Gasteiger partial charge in [-0.3, -0.25) is 4.90 Å². The van der Waals surface area contributed by atoms with Gasteiger partial charge in [0, 0.05) is 19.1 Å². The van der Waals surface area contributed by atoms with Crippen molar-refractivity contribution < 1.29 is 9.47 Å². The number of ether oxygens (including phenoxy) is 2. The Labute approximate surface area is 169 Å². The molecule has 0 unspecified atom stereocenters. The van der Waals surface area contributed by atoms with E-state index in [1.165, 1.54) is 42.5 Å². The Morgan fingerprint density at radius 1 is 1.07 bits per heavy atom. The average Bonchev–Trinajstić information content (AvgIpc) is 2.71. The first-order valence-corrected chi connectivity index (χ1v) is 10.8. The summed E-state index contributed by atoms with van der Waals surface area (Å²) in [6.07, 6.45) is 5.06. The van der Waals surface area contributed by atoms with Crippen LogP contribution in [0.15, 0.2) is 42.5 Å². The van der Waals surface area contributed by atoms with Gasteiger partial charge in [0.2, 0.25) is 0 Å². The van der Waals surface area contributed by atoms with Crippen molar-refractivity contribution in [1.82, 2.24) is 4.90 Å². The summed E-state index contributed by atoms with van der Waals surface area (Å²) < 4.78 is 11.8. The van der Waals surface area contributed by atoms with Crippen LogP contribution in [0.4, 0.5) is 0 Å².